The highest BCUT2D eigenvalue weighted by Gasteiger charge is 2.22. The van der Waals surface area contributed by atoms with E-state index >= 15 is 0 Å². The van der Waals surface area contributed by atoms with Crippen LogP contribution in [0.4, 0.5) is 0 Å². The van der Waals surface area contributed by atoms with Crippen LogP contribution in [0.25, 0.3) is 5.78 Å². The molecule has 0 fully saturated rings. The zero-order chi connectivity index (χ0) is 18.7. The van der Waals surface area contributed by atoms with Gasteiger partial charge in [0, 0.05) is 30.0 Å². The average molecular weight is 353 g/mol. The largest absolute Gasteiger partial charge is 0.496 e. The number of nitrogens with zero attached hydrogens (tertiary/aromatic N) is 5. The molecule has 7 heteroatoms. The normalized spacial score (nSPS) is 10.9. The molecule has 0 saturated heterocycles. The Labute approximate surface area is 152 Å². The number of aryl methyl sites for hydroxylation is 2. The van der Waals surface area contributed by atoms with Crippen LogP contribution in [0.1, 0.15) is 40.9 Å². The van der Waals surface area contributed by atoms with E-state index in [0.29, 0.717) is 18.9 Å². The molecule has 0 atom stereocenters. The summed E-state index contributed by atoms with van der Waals surface area (Å²) in [7, 11) is 1.63. The molecule has 3 rings (SSSR count). The van der Waals surface area contributed by atoms with Gasteiger partial charge in [-0.25, -0.2) is 9.50 Å². The molecular formula is C19H23N5O2. The molecule has 0 N–H and O–H groups in total. The Morgan fingerprint density at radius 2 is 2.00 bits per heavy atom. The monoisotopic (exact) mass is 353 g/mol. The number of rotatable bonds is 6. The minimum Gasteiger partial charge on any atom is -0.496 e. The molecule has 0 aliphatic heterocycles. The lowest BCUT2D eigenvalue weighted by Crippen LogP contribution is -2.32. The fraction of sp³-hybridized carbons (Fsp3) is 0.368. The van der Waals surface area contributed by atoms with Crippen LogP contribution >= 0.6 is 0 Å². The van der Waals surface area contributed by atoms with Gasteiger partial charge in [-0.15, -0.1) is 5.10 Å². The van der Waals surface area contributed by atoms with Gasteiger partial charge in [0.05, 0.1) is 7.11 Å². The van der Waals surface area contributed by atoms with E-state index in [4.69, 9.17) is 4.74 Å². The van der Waals surface area contributed by atoms with Crippen molar-refractivity contribution in [1.82, 2.24) is 24.5 Å². The number of para-hydroxylation sites is 1. The summed E-state index contributed by atoms with van der Waals surface area (Å²) in [5.41, 5.74) is 2.69. The van der Waals surface area contributed by atoms with Crippen molar-refractivity contribution in [3.8, 4) is 5.75 Å². The quantitative estimate of drug-likeness (QED) is 0.681. The van der Waals surface area contributed by atoms with Crippen molar-refractivity contribution in [3.63, 3.8) is 0 Å². The molecule has 1 amide bonds. The van der Waals surface area contributed by atoms with Crippen molar-refractivity contribution >= 4 is 11.7 Å². The highest BCUT2D eigenvalue weighted by atomic mass is 16.5. The molecule has 1 aromatic carbocycles. The van der Waals surface area contributed by atoms with Crippen molar-refractivity contribution < 1.29 is 9.53 Å². The van der Waals surface area contributed by atoms with Crippen LogP contribution in [0.2, 0.25) is 0 Å². The number of hydrogen-bond acceptors (Lipinski definition) is 5. The molecule has 0 aliphatic carbocycles. The highest BCUT2D eigenvalue weighted by molar-refractivity contribution is 5.90. The zero-order valence-corrected chi connectivity index (χ0v) is 15.6. The van der Waals surface area contributed by atoms with Crippen molar-refractivity contribution in [2.75, 3.05) is 13.7 Å². The maximum Gasteiger partial charge on any atom is 0.293 e. The third kappa shape index (κ3) is 3.51. The van der Waals surface area contributed by atoms with Crippen LogP contribution in [-0.4, -0.2) is 44.0 Å². The molecule has 26 heavy (non-hydrogen) atoms. The van der Waals surface area contributed by atoms with Gasteiger partial charge in [-0.1, -0.05) is 25.1 Å². The third-order valence-electron chi connectivity index (χ3n) is 4.14. The minimum absolute atomic E-state index is 0.162. The number of fused-ring (bicyclic) bond motifs is 1. The number of ether oxygens (including phenoxy) is 1. The topological polar surface area (TPSA) is 72.6 Å². The Hall–Kier alpha value is -2.96. The van der Waals surface area contributed by atoms with Crippen molar-refractivity contribution in [1.29, 1.82) is 0 Å². The first-order valence-corrected chi connectivity index (χ1v) is 8.65. The third-order valence-corrected chi connectivity index (χ3v) is 4.14. The van der Waals surface area contributed by atoms with Crippen LogP contribution in [0.3, 0.4) is 0 Å². The summed E-state index contributed by atoms with van der Waals surface area (Å²) in [5.74, 6) is 1.16. The summed E-state index contributed by atoms with van der Waals surface area (Å²) in [5, 5.41) is 4.36. The molecule has 7 nitrogen and oxygen atoms in total. The molecule has 3 aromatic rings. The molecule has 0 bridgehead atoms. The van der Waals surface area contributed by atoms with Crippen molar-refractivity contribution in [2.45, 2.75) is 33.7 Å². The summed E-state index contributed by atoms with van der Waals surface area (Å²) in [6.45, 7) is 6.90. The maximum absolute atomic E-state index is 13.0. The predicted molar refractivity (Wildman–Crippen MR) is 98.3 cm³/mol. The molecular weight excluding hydrogens is 330 g/mol. The number of methoxy groups -OCH3 is 1. The van der Waals surface area contributed by atoms with Gasteiger partial charge in [0.25, 0.3) is 11.7 Å². The Bertz CT molecular complexity index is 935. The first-order chi connectivity index (χ1) is 12.5. The summed E-state index contributed by atoms with van der Waals surface area (Å²) < 4.78 is 7.01. The SMILES string of the molecule is CCCN(Cc1ccccc1OC)C(=O)c1nc2nc(C)cc(C)n2n1. The minimum atomic E-state index is -0.208. The summed E-state index contributed by atoms with van der Waals surface area (Å²) >= 11 is 0. The standard InChI is InChI=1S/C19H23N5O2/c1-5-10-23(12-15-8-6-7-9-16(15)26-4)18(25)17-21-19-20-13(2)11-14(3)24(19)22-17/h6-9,11H,5,10,12H2,1-4H3. The van der Waals surface area contributed by atoms with E-state index in [9.17, 15) is 4.79 Å². The van der Waals surface area contributed by atoms with Gasteiger partial charge in [-0.2, -0.15) is 4.98 Å². The second-order valence-electron chi connectivity index (χ2n) is 6.22. The van der Waals surface area contributed by atoms with Gasteiger partial charge in [-0.05, 0) is 32.4 Å². The average Bonchev–Trinajstić information content (AvgIpc) is 3.05. The Kier molecular flexibility index (Phi) is 5.16. The fourth-order valence-corrected chi connectivity index (χ4v) is 2.96. The Morgan fingerprint density at radius 1 is 1.23 bits per heavy atom. The van der Waals surface area contributed by atoms with E-state index in [0.717, 1.165) is 29.1 Å². The van der Waals surface area contributed by atoms with Gasteiger partial charge in [0.1, 0.15) is 5.75 Å². The first kappa shape index (κ1) is 17.8. The summed E-state index contributed by atoms with van der Waals surface area (Å²) in [6.07, 6.45) is 0.838. The highest BCUT2D eigenvalue weighted by Crippen LogP contribution is 2.20. The lowest BCUT2D eigenvalue weighted by molar-refractivity contribution is 0.0730. The number of benzene rings is 1. The Balaban J connectivity index is 1.92. The van der Waals surface area contributed by atoms with Crippen LogP contribution in [0.15, 0.2) is 30.3 Å². The molecule has 0 unspecified atom stereocenters. The van der Waals surface area contributed by atoms with Crippen molar-refractivity contribution in [3.05, 3.63) is 53.1 Å². The molecule has 2 aromatic heterocycles. The van der Waals surface area contributed by atoms with E-state index in [1.54, 1.807) is 16.5 Å². The van der Waals surface area contributed by atoms with Crippen LogP contribution < -0.4 is 4.74 Å². The van der Waals surface area contributed by atoms with Crippen LogP contribution in [0.5, 0.6) is 5.75 Å². The smallest absolute Gasteiger partial charge is 0.293 e. The molecule has 0 spiro atoms. The van der Waals surface area contributed by atoms with E-state index in [2.05, 4.69) is 15.1 Å². The van der Waals surface area contributed by atoms with Gasteiger partial charge in [0.15, 0.2) is 0 Å². The number of amides is 1. The fourth-order valence-electron chi connectivity index (χ4n) is 2.96. The predicted octanol–water partition coefficient (Wildman–Crippen LogP) is 2.80. The molecule has 136 valence electrons. The second-order valence-corrected chi connectivity index (χ2v) is 6.22. The van der Waals surface area contributed by atoms with Gasteiger partial charge in [-0.3, -0.25) is 4.79 Å². The lowest BCUT2D eigenvalue weighted by atomic mass is 10.2. The van der Waals surface area contributed by atoms with Gasteiger partial charge in [0.2, 0.25) is 5.82 Å². The van der Waals surface area contributed by atoms with Gasteiger partial charge >= 0.3 is 0 Å². The van der Waals surface area contributed by atoms with E-state index < -0.39 is 0 Å². The van der Waals surface area contributed by atoms with E-state index in [1.807, 2.05) is 51.1 Å². The molecule has 0 radical (unpaired) electrons. The first-order valence-electron chi connectivity index (χ1n) is 8.65. The van der Waals surface area contributed by atoms with Crippen molar-refractivity contribution in [2.24, 2.45) is 0 Å². The number of carbonyl (C=O) groups excluding carboxylic acids is 1. The van der Waals surface area contributed by atoms with Gasteiger partial charge < -0.3 is 9.64 Å². The molecule has 0 aliphatic rings. The van der Waals surface area contributed by atoms with E-state index in [1.165, 1.54) is 0 Å². The van der Waals surface area contributed by atoms with Crippen LogP contribution in [-0.2, 0) is 6.54 Å². The van der Waals surface area contributed by atoms with Crippen LogP contribution in [0, 0.1) is 13.8 Å². The van der Waals surface area contributed by atoms with E-state index in [-0.39, 0.29) is 11.7 Å². The summed E-state index contributed by atoms with van der Waals surface area (Å²) in [4.78, 5) is 23.5. The molecule has 0 saturated carbocycles. The maximum atomic E-state index is 13.0. The molecule has 2 heterocycles. The Morgan fingerprint density at radius 3 is 2.73 bits per heavy atom. The second kappa shape index (κ2) is 7.51. The number of aromatic nitrogens is 4. The summed E-state index contributed by atoms with van der Waals surface area (Å²) in [6, 6.07) is 9.61. The number of hydrogen-bond donors (Lipinski definition) is 0. The lowest BCUT2D eigenvalue weighted by Gasteiger charge is -2.21. The zero-order valence-electron chi connectivity index (χ0n) is 15.6. The number of carbonyl (C=O) groups is 1.